The van der Waals surface area contributed by atoms with Crippen LogP contribution in [0.1, 0.15) is 11.1 Å². The van der Waals surface area contributed by atoms with E-state index in [2.05, 4.69) is 140 Å². The molecule has 39 heavy (non-hydrogen) atoms. The van der Waals surface area contributed by atoms with Crippen LogP contribution in [0.4, 0.5) is 0 Å². The third-order valence-corrected chi connectivity index (χ3v) is 8.08. The lowest BCUT2D eigenvalue weighted by atomic mass is 9.94. The van der Waals surface area contributed by atoms with E-state index < -0.39 is 0 Å². The molecule has 0 N–H and O–H groups in total. The molecule has 0 atom stereocenters. The Morgan fingerprint density at radius 3 is 1.74 bits per heavy atom. The quantitative estimate of drug-likeness (QED) is 0.217. The molecule has 8 rings (SSSR count). The highest BCUT2D eigenvalue weighted by Gasteiger charge is 2.17. The summed E-state index contributed by atoms with van der Waals surface area (Å²) in [5.41, 5.74) is 9.21. The van der Waals surface area contributed by atoms with Crippen LogP contribution in [0.3, 0.4) is 0 Å². The molecule has 0 saturated heterocycles. The number of fused-ring (bicyclic) bond motifs is 9. The van der Waals surface area contributed by atoms with Crippen LogP contribution in [0.2, 0.25) is 0 Å². The highest BCUT2D eigenvalue weighted by Crippen LogP contribution is 2.39. The smallest absolute Gasteiger partial charge is 0.0794 e. The molecule has 0 unspecified atom stereocenters. The second-order valence-electron chi connectivity index (χ2n) is 10.6. The third-order valence-electron chi connectivity index (χ3n) is 8.08. The van der Waals surface area contributed by atoms with Gasteiger partial charge in [-0.2, -0.15) is 0 Å². The maximum atomic E-state index is 5.41. The van der Waals surface area contributed by atoms with Crippen molar-refractivity contribution in [3.05, 3.63) is 132 Å². The van der Waals surface area contributed by atoms with Gasteiger partial charge in [0.25, 0.3) is 0 Å². The van der Waals surface area contributed by atoms with E-state index >= 15 is 0 Å². The van der Waals surface area contributed by atoms with Crippen molar-refractivity contribution in [3.8, 4) is 16.9 Å². The van der Waals surface area contributed by atoms with Crippen LogP contribution in [0.5, 0.6) is 0 Å². The molecule has 0 amide bonds. The monoisotopic (exact) mass is 498 g/mol. The molecule has 2 heteroatoms. The van der Waals surface area contributed by atoms with Gasteiger partial charge in [-0.3, -0.25) is 0 Å². The molecular weight excluding hydrogens is 472 g/mol. The number of para-hydroxylation sites is 3. The first kappa shape index (κ1) is 22.1. The minimum Gasteiger partial charge on any atom is -0.309 e. The number of benzene rings is 6. The van der Waals surface area contributed by atoms with Crippen LogP contribution in [0, 0.1) is 13.8 Å². The highest BCUT2D eigenvalue weighted by atomic mass is 15.0. The zero-order valence-corrected chi connectivity index (χ0v) is 21.9. The molecule has 0 aliphatic heterocycles. The molecule has 184 valence electrons. The lowest BCUT2D eigenvalue weighted by Crippen LogP contribution is -1.98. The minimum absolute atomic E-state index is 0.981. The van der Waals surface area contributed by atoms with Crippen LogP contribution in [0.15, 0.2) is 121 Å². The van der Waals surface area contributed by atoms with Crippen molar-refractivity contribution in [2.45, 2.75) is 13.8 Å². The van der Waals surface area contributed by atoms with Gasteiger partial charge in [0.15, 0.2) is 0 Å². The van der Waals surface area contributed by atoms with Gasteiger partial charge in [0.1, 0.15) is 0 Å². The van der Waals surface area contributed by atoms with Crippen LogP contribution in [0.25, 0.3) is 71.2 Å². The molecule has 0 bridgehead atoms. The van der Waals surface area contributed by atoms with Crippen molar-refractivity contribution in [2.75, 3.05) is 0 Å². The van der Waals surface area contributed by atoms with Crippen molar-refractivity contribution in [1.82, 2.24) is 9.55 Å². The number of hydrogen-bond acceptors (Lipinski definition) is 1. The number of hydrogen-bond donors (Lipinski definition) is 0. The first-order chi connectivity index (χ1) is 19.2. The molecule has 6 aromatic carbocycles. The number of pyridine rings is 1. The van der Waals surface area contributed by atoms with Crippen molar-refractivity contribution >= 4 is 54.3 Å². The average Bonchev–Trinajstić information content (AvgIpc) is 3.31. The molecule has 0 radical (unpaired) electrons. The summed E-state index contributed by atoms with van der Waals surface area (Å²) in [6.45, 7) is 4.32. The average molecular weight is 499 g/mol. The second-order valence-corrected chi connectivity index (χ2v) is 10.6. The molecule has 0 aliphatic carbocycles. The highest BCUT2D eigenvalue weighted by molar-refractivity contribution is 6.24. The van der Waals surface area contributed by atoms with Gasteiger partial charge >= 0.3 is 0 Å². The minimum atomic E-state index is 0.981. The summed E-state index contributed by atoms with van der Waals surface area (Å²) in [4.78, 5) is 5.41. The van der Waals surface area contributed by atoms with Gasteiger partial charge in [0.05, 0.1) is 27.9 Å². The summed E-state index contributed by atoms with van der Waals surface area (Å²) in [7, 11) is 0. The van der Waals surface area contributed by atoms with Crippen molar-refractivity contribution in [3.63, 3.8) is 0 Å². The molecule has 2 heterocycles. The van der Waals surface area contributed by atoms with E-state index in [1.54, 1.807) is 0 Å². The van der Waals surface area contributed by atoms with Crippen LogP contribution in [-0.2, 0) is 0 Å². The Kier molecular flexibility index (Phi) is 4.68. The van der Waals surface area contributed by atoms with E-state index in [0.29, 0.717) is 0 Å². The molecule has 2 nitrogen and oxygen atoms in total. The van der Waals surface area contributed by atoms with E-state index in [-0.39, 0.29) is 0 Å². The van der Waals surface area contributed by atoms with E-state index in [9.17, 15) is 0 Å². The van der Waals surface area contributed by atoms with Gasteiger partial charge in [-0.15, -0.1) is 0 Å². The van der Waals surface area contributed by atoms with Crippen LogP contribution < -0.4 is 0 Å². The zero-order valence-electron chi connectivity index (χ0n) is 21.9. The van der Waals surface area contributed by atoms with Gasteiger partial charge in [-0.05, 0) is 66.4 Å². The second kappa shape index (κ2) is 8.28. The van der Waals surface area contributed by atoms with Crippen molar-refractivity contribution in [1.29, 1.82) is 0 Å². The fourth-order valence-electron chi connectivity index (χ4n) is 6.30. The number of rotatable bonds is 2. The molecule has 0 saturated carbocycles. The van der Waals surface area contributed by atoms with Gasteiger partial charge < -0.3 is 4.57 Å². The molecule has 2 aromatic heterocycles. The molecule has 0 aliphatic rings. The number of aryl methyl sites for hydroxylation is 2. The molecule has 8 aromatic rings. The molecule has 0 spiro atoms. The Bertz CT molecular complexity index is 2200. The summed E-state index contributed by atoms with van der Waals surface area (Å²) in [6.07, 6.45) is 0. The Balaban J connectivity index is 1.46. The predicted molar refractivity (Wildman–Crippen MR) is 166 cm³/mol. The fraction of sp³-hybridized carbons (Fsp3) is 0.0541. The van der Waals surface area contributed by atoms with Gasteiger partial charge in [-0.1, -0.05) is 96.1 Å². The van der Waals surface area contributed by atoms with Gasteiger partial charge in [-0.25, -0.2) is 4.98 Å². The van der Waals surface area contributed by atoms with Crippen LogP contribution in [-0.4, -0.2) is 9.55 Å². The standard InChI is InChI=1S/C37H26N2/c1-23-15-17-25-26-18-16-24(2)22-32(26)37-29(31(25)21-23)19-20-33(38-37)30-11-5-8-14-36(30)39-34-12-6-3-9-27(34)28-10-4-7-13-35(28)39/h3-22H,1-2H3. The van der Waals surface area contributed by atoms with Gasteiger partial charge in [0, 0.05) is 27.1 Å². The zero-order chi connectivity index (χ0) is 26.1. The first-order valence-corrected chi connectivity index (χ1v) is 13.5. The summed E-state index contributed by atoms with van der Waals surface area (Å²) in [5, 5.41) is 8.72. The Hall–Kier alpha value is -4.95. The molecule has 0 fully saturated rings. The lowest BCUT2D eigenvalue weighted by molar-refractivity contribution is 1.18. The van der Waals surface area contributed by atoms with Gasteiger partial charge in [0.2, 0.25) is 0 Å². The van der Waals surface area contributed by atoms with Crippen molar-refractivity contribution in [2.24, 2.45) is 0 Å². The first-order valence-electron chi connectivity index (χ1n) is 13.5. The summed E-state index contributed by atoms with van der Waals surface area (Å²) >= 11 is 0. The maximum Gasteiger partial charge on any atom is 0.0794 e. The topological polar surface area (TPSA) is 17.8 Å². The van der Waals surface area contributed by atoms with Crippen LogP contribution >= 0.6 is 0 Å². The predicted octanol–water partition coefficient (Wildman–Crippen LogP) is 9.92. The Labute approximate surface area is 226 Å². The molecular formula is C37H26N2. The normalized spacial score (nSPS) is 11.8. The van der Waals surface area contributed by atoms with E-state index in [0.717, 1.165) is 22.5 Å². The number of aromatic nitrogens is 2. The van der Waals surface area contributed by atoms with Crippen molar-refractivity contribution < 1.29 is 0 Å². The summed E-state index contributed by atoms with van der Waals surface area (Å²) in [6, 6.07) is 44.0. The third kappa shape index (κ3) is 3.25. The summed E-state index contributed by atoms with van der Waals surface area (Å²) < 4.78 is 2.39. The van der Waals surface area contributed by atoms with E-state index in [4.69, 9.17) is 4.98 Å². The number of nitrogens with zero attached hydrogens (tertiary/aromatic N) is 2. The Morgan fingerprint density at radius 2 is 1.03 bits per heavy atom. The van der Waals surface area contributed by atoms with E-state index in [1.807, 2.05) is 0 Å². The maximum absolute atomic E-state index is 5.41. The van der Waals surface area contributed by atoms with E-state index in [1.165, 1.54) is 59.9 Å². The largest absolute Gasteiger partial charge is 0.309 e. The summed E-state index contributed by atoms with van der Waals surface area (Å²) in [5.74, 6) is 0. The fourth-order valence-corrected chi connectivity index (χ4v) is 6.30. The Morgan fingerprint density at radius 1 is 0.462 bits per heavy atom. The SMILES string of the molecule is Cc1ccc2c(c1)c1ccc(-c3ccccc3-n3c4ccccc4c4ccccc43)nc1c1cc(C)ccc21. The lowest BCUT2D eigenvalue weighted by Gasteiger charge is -2.15.